The maximum absolute atomic E-state index is 13.0. The first-order chi connectivity index (χ1) is 15.5. The monoisotopic (exact) mass is 479 g/mol. The summed E-state index contributed by atoms with van der Waals surface area (Å²) in [6.07, 6.45) is 1.47. The topological polar surface area (TPSA) is 155 Å². The Balaban J connectivity index is 2.40. The average molecular weight is 480 g/mol. The second-order valence-electron chi connectivity index (χ2n) is 6.92. The largest absolute Gasteiger partial charge is 0.481 e. The van der Waals surface area contributed by atoms with Crippen LogP contribution in [-0.4, -0.2) is 88.9 Å². The van der Waals surface area contributed by atoms with Crippen molar-refractivity contribution in [3.05, 3.63) is 29.8 Å². The van der Waals surface area contributed by atoms with Crippen LogP contribution in [0.3, 0.4) is 0 Å². The standard InChI is InChI=1S/C19H25N7O6S/c1-25(2)11-20-12-7-8-13(17(27)26(3)4)14(9-12)33(29,30)24-19(28)23-18-21-15(31-5)10-16(22-18)32-6/h7-11H,1-6H3,(H2,21,22,23,24,28)/b20-11+. The zero-order valence-corrected chi connectivity index (χ0v) is 19.8. The average Bonchev–Trinajstić information content (AvgIpc) is 2.76. The molecule has 0 spiro atoms. The fraction of sp³-hybridized carbons (Fsp3) is 0.316. The first-order valence-electron chi connectivity index (χ1n) is 9.34. The molecule has 0 aliphatic heterocycles. The molecule has 0 aliphatic rings. The third-order valence-corrected chi connectivity index (χ3v) is 5.25. The van der Waals surface area contributed by atoms with Crippen LogP contribution in [0.4, 0.5) is 16.4 Å². The third-order valence-electron chi connectivity index (χ3n) is 3.88. The Morgan fingerprint density at radius 3 is 2.15 bits per heavy atom. The van der Waals surface area contributed by atoms with Crippen LogP contribution in [0.5, 0.6) is 11.8 Å². The number of hydrogen-bond donors (Lipinski definition) is 2. The maximum Gasteiger partial charge on any atom is 0.335 e. The Morgan fingerprint density at radius 2 is 1.64 bits per heavy atom. The van der Waals surface area contributed by atoms with Gasteiger partial charge in [0.25, 0.3) is 15.9 Å². The molecule has 1 aromatic carbocycles. The molecule has 3 amide bonds. The van der Waals surface area contributed by atoms with Crippen LogP contribution in [0.1, 0.15) is 10.4 Å². The smallest absolute Gasteiger partial charge is 0.335 e. The van der Waals surface area contributed by atoms with Crippen LogP contribution >= 0.6 is 0 Å². The van der Waals surface area contributed by atoms with E-state index in [2.05, 4.69) is 20.3 Å². The summed E-state index contributed by atoms with van der Waals surface area (Å²) in [5.74, 6) is -0.650. The number of methoxy groups -OCH3 is 2. The van der Waals surface area contributed by atoms with Crippen molar-refractivity contribution in [2.45, 2.75) is 4.90 Å². The van der Waals surface area contributed by atoms with E-state index in [1.807, 2.05) is 4.72 Å². The Bertz CT molecular complexity index is 1140. The molecule has 14 heteroatoms. The van der Waals surface area contributed by atoms with Crippen molar-refractivity contribution in [2.24, 2.45) is 4.99 Å². The number of nitrogens with one attached hydrogen (secondary N) is 2. The number of benzene rings is 1. The lowest BCUT2D eigenvalue weighted by molar-refractivity contribution is 0.0824. The molecule has 0 fully saturated rings. The molecule has 0 saturated heterocycles. The van der Waals surface area contributed by atoms with E-state index < -0.39 is 26.9 Å². The van der Waals surface area contributed by atoms with E-state index in [-0.39, 0.29) is 29.0 Å². The molecule has 33 heavy (non-hydrogen) atoms. The number of carbonyl (C=O) groups is 2. The van der Waals surface area contributed by atoms with Gasteiger partial charge in [0.1, 0.15) is 4.90 Å². The van der Waals surface area contributed by atoms with Crippen LogP contribution < -0.4 is 19.5 Å². The molecule has 1 heterocycles. The summed E-state index contributed by atoms with van der Waals surface area (Å²) in [5.41, 5.74) is 0.129. The number of urea groups is 1. The minimum absolute atomic E-state index is 0.0883. The molecule has 0 aliphatic carbocycles. The third kappa shape index (κ3) is 6.77. The highest BCUT2D eigenvalue weighted by Crippen LogP contribution is 2.24. The predicted octanol–water partition coefficient (Wildman–Crippen LogP) is 0.927. The van der Waals surface area contributed by atoms with Gasteiger partial charge < -0.3 is 19.3 Å². The van der Waals surface area contributed by atoms with E-state index in [0.717, 1.165) is 0 Å². The van der Waals surface area contributed by atoms with Gasteiger partial charge >= 0.3 is 6.03 Å². The molecule has 0 unspecified atom stereocenters. The van der Waals surface area contributed by atoms with Crippen LogP contribution in [0.2, 0.25) is 0 Å². The Kier molecular flexibility index (Phi) is 8.12. The van der Waals surface area contributed by atoms with Gasteiger partial charge in [-0.2, -0.15) is 9.97 Å². The van der Waals surface area contributed by atoms with Gasteiger partial charge in [0, 0.05) is 28.2 Å². The normalized spacial score (nSPS) is 11.1. The fourth-order valence-corrected chi connectivity index (χ4v) is 3.51. The predicted molar refractivity (Wildman–Crippen MR) is 121 cm³/mol. The molecular weight excluding hydrogens is 454 g/mol. The Hall–Kier alpha value is -3.94. The zero-order chi connectivity index (χ0) is 24.8. The number of sulfonamides is 1. The van der Waals surface area contributed by atoms with E-state index >= 15 is 0 Å². The lowest BCUT2D eigenvalue weighted by Gasteiger charge is -2.15. The van der Waals surface area contributed by atoms with Crippen molar-refractivity contribution in [2.75, 3.05) is 47.7 Å². The van der Waals surface area contributed by atoms with E-state index in [0.29, 0.717) is 0 Å². The fourth-order valence-electron chi connectivity index (χ4n) is 2.39. The molecule has 0 atom stereocenters. The van der Waals surface area contributed by atoms with Crippen molar-refractivity contribution < 1.29 is 27.5 Å². The molecule has 2 rings (SSSR count). The number of amides is 3. The highest BCUT2D eigenvalue weighted by Gasteiger charge is 2.26. The number of rotatable bonds is 8. The quantitative estimate of drug-likeness (QED) is 0.415. The first-order valence-corrected chi connectivity index (χ1v) is 10.8. The van der Waals surface area contributed by atoms with E-state index in [9.17, 15) is 18.0 Å². The number of aliphatic imine (C=N–C) groups is 1. The number of hydrogen-bond acceptors (Lipinski definition) is 9. The number of ether oxygens (including phenoxy) is 2. The number of nitrogens with zero attached hydrogens (tertiary/aromatic N) is 5. The first kappa shape index (κ1) is 25.3. The van der Waals surface area contributed by atoms with E-state index in [4.69, 9.17) is 9.47 Å². The van der Waals surface area contributed by atoms with E-state index in [1.165, 1.54) is 63.8 Å². The lowest BCUT2D eigenvalue weighted by Crippen LogP contribution is -2.36. The van der Waals surface area contributed by atoms with Gasteiger partial charge in [0.15, 0.2) is 0 Å². The summed E-state index contributed by atoms with van der Waals surface area (Å²) in [4.78, 5) is 39.4. The van der Waals surface area contributed by atoms with Gasteiger partial charge in [-0.05, 0) is 18.2 Å². The number of anilines is 1. The summed E-state index contributed by atoms with van der Waals surface area (Å²) < 4.78 is 37.9. The minimum Gasteiger partial charge on any atom is -0.481 e. The van der Waals surface area contributed by atoms with Crippen molar-refractivity contribution in [1.29, 1.82) is 0 Å². The number of carbonyl (C=O) groups excluding carboxylic acids is 2. The summed E-state index contributed by atoms with van der Waals surface area (Å²) in [5, 5.41) is 2.20. The molecule has 2 aromatic rings. The minimum atomic E-state index is -4.50. The van der Waals surface area contributed by atoms with Crippen LogP contribution in [-0.2, 0) is 10.0 Å². The van der Waals surface area contributed by atoms with Crippen molar-refractivity contribution in [1.82, 2.24) is 24.5 Å². The molecule has 2 N–H and O–H groups in total. The Labute approximate surface area is 191 Å². The van der Waals surface area contributed by atoms with Crippen molar-refractivity contribution in [3.63, 3.8) is 0 Å². The summed E-state index contributed by atoms with van der Waals surface area (Å²) in [6.45, 7) is 0. The summed E-state index contributed by atoms with van der Waals surface area (Å²) >= 11 is 0. The van der Waals surface area contributed by atoms with Crippen LogP contribution in [0.15, 0.2) is 34.2 Å². The van der Waals surface area contributed by atoms with Gasteiger partial charge in [-0.3, -0.25) is 10.1 Å². The maximum atomic E-state index is 13.0. The highest BCUT2D eigenvalue weighted by molar-refractivity contribution is 7.90. The molecular formula is C19H25N7O6S. The second-order valence-corrected chi connectivity index (χ2v) is 8.57. The molecule has 0 saturated carbocycles. The molecule has 1 aromatic heterocycles. The van der Waals surface area contributed by atoms with Gasteiger partial charge in [-0.1, -0.05) is 0 Å². The van der Waals surface area contributed by atoms with Crippen LogP contribution in [0.25, 0.3) is 0 Å². The molecule has 13 nitrogen and oxygen atoms in total. The van der Waals surface area contributed by atoms with Crippen LogP contribution in [0, 0.1) is 0 Å². The van der Waals surface area contributed by atoms with Crippen molar-refractivity contribution >= 4 is 39.9 Å². The van der Waals surface area contributed by atoms with Gasteiger partial charge in [0.2, 0.25) is 17.7 Å². The Morgan fingerprint density at radius 1 is 1.03 bits per heavy atom. The van der Waals surface area contributed by atoms with Gasteiger partial charge in [-0.25, -0.2) is 22.9 Å². The lowest BCUT2D eigenvalue weighted by atomic mass is 10.2. The SMILES string of the molecule is COc1cc(OC)nc(NC(=O)NS(=O)(=O)c2cc(/N=C/N(C)C)ccc2C(=O)N(C)C)n1. The zero-order valence-electron chi connectivity index (χ0n) is 19.0. The van der Waals surface area contributed by atoms with Gasteiger partial charge in [0.05, 0.1) is 37.9 Å². The molecule has 0 bridgehead atoms. The second kappa shape index (κ2) is 10.6. The molecule has 178 valence electrons. The van der Waals surface area contributed by atoms with E-state index in [1.54, 1.807) is 19.0 Å². The van der Waals surface area contributed by atoms with Crippen molar-refractivity contribution in [3.8, 4) is 11.8 Å². The molecule has 0 radical (unpaired) electrons. The van der Waals surface area contributed by atoms with Gasteiger partial charge in [-0.15, -0.1) is 0 Å². The summed E-state index contributed by atoms with van der Waals surface area (Å²) in [6, 6.07) is 4.23. The summed E-state index contributed by atoms with van der Waals surface area (Å²) in [7, 11) is 4.65. The number of aromatic nitrogens is 2. The highest BCUT2D eigenvalue weighted by atomic mass is 32.2.